The van der Waals surface area contributed by atoms with Crippen LogP contribution in [-0.2, 0) is 10.9 Å². The van der Waals surface area contributed by atoms with Gasteiger partial charge in [0, 0.05) is 36.4 Å². The number of nitrogens with zero attached hydrogens (tertiary/aromatic N) is 4. The van der Waals surface area contributed by atoms with E-state index in [-0.39, 0.29) is 11.8 Å². The van der Waals surface area contributed by atoms with Crippen LogP contribution < -0.4 is 10.1 Å². The van der Waals surface area contributed by atoms with E-state index in [0.29, 0.717) is 47.7 Å². The molecule has 0 saturated carbocycles. The molecule has 0 unspecified atom stereocenters. The molecule has 218 valence electrons. The fourth-order valence-corrected chi connectivity index (χ4v) is 4.40. The van der Waals surface area contributed by atoms with E-state index in [1.54, 1.807) is 35.2 Å². The predicted molar refractivity (Wildman–Crippen MR) is 150 cm³/mol. The maximum absolute atomic E-state index is 13.0. The second-order valence-corrected chi connectivity index (χ2v) is 10.7. The Morgan fingerprint density at radius 3 is 2.52 bits per heavy atom. The first-order valence-corrected chi connectivity index (χ1v) is 13.1. The Bertz CT molecular complexity index is 1670. The van der Waals surface area contributed by atoms with Gasteiger partial charge in [-0.15, -0.1) is 0 Å². The lowest BCUT2D eigenvalue weighted by Gasteiger charge is -2.29. The number of carbonyl (C=O) groups is 2. The molecule has 2 aromatic carbocycles. The van der Waals surface area contributed by atoms with E-state index in [0.717, 1.165) is 17.7 Å². The summed E-state index contributed by atoms with van der Waals surface area (Å²) in [6.45, 7) is 6.38. The van der Waals surface area contributed by atoms with Crippen molar-refractivity contribution in [2.24, 2.45) is 0 Å². The standard InChI is InChI=1S/C30H28F3N5O4/c1-29(2,3)42-28(40)37-12-9-19(10-13-37)24-17-26(35-18-34-24)41-23-7-8-25-20(15-23)11-14-38(25)27(39)36-22-6-4-5-21(16-22)30(31,32)33/h4-9,11,14-18H,10,12-13H2,1-3H3,(H,36,39). The third-order valence-corrected chi connectivity index (χ3v) is 6.38. The molecule has 42 heavy (non-hydrogen) atoms. The average molecular weight is 580 g/mol. The van der Waals surface area contributed by atoms with E-state index >= 15 is 0 Å². The SMILES string of the molecule is CC(C)(C)OC(=O)N1CC=C(c2cc(Oc3ccc4c(ccn4C(=O)Nc4cccc(C(F)(F)F)c4)c3)ncn2)CC1. The molecule has 3 heterocycles. The van der Waals surface area contributed by atoms with Crippen LogP contribution in [0.2, 0.25) is 0 Å². The predicted octanol–water partition coefficient (Wildman–Crippen LogP) is 7.35. The van der Waals surface area contributed by atoms with Gasteiger partial charge < -0.3 is 19.7 Å². The van der Waals surface area contributed by atoms with Gasteiger partial charge in [0.25, 0.3) is 0 Å². The van der Waals surface area contributed by atoms with E-state index in [2.05, 4.69) is 15.3 Å². The van der Waals surface area contributed by atoms with Gasteiger partial charge in [-0.05, 0) is 75.2 Å². The molecule has 5 rings (SSSR count). The van der Waals surface area contributed by atoms with Crippen LogP contribution in [0.3, 0.4) is 0 Å². The third-order valence-electron chi connectivity index (χ3n) is 6.38. The number of anilines is 1. The first kappa shape index (κ1) is 28.7. The summed E-state index contributed by atoms with van der Waals surface area (Å²) in [6.07, 6.45) is 0.575. The number of benzene rings is 2. The minimum Gasteiger partial charge on any atom is -0.444 e. The van der Waals surface area contributed by atoms with Crippen molar-refractivity contribution in [1.82, 2.24) is 19.4 Å². The zero-order chi connectivity index (χ0) is 30.1. The first-order valence-electron chi connectivity index (χ1n) is 13.1. The summed E-state index contributed by atoms with van der Waals surface area (Å²) in [4.78, 5) is 35.4. The molecule has 0 saturated heterocycles. The van der Waals surface area contributed by atoms with E-state index in [1.165, 1.54) is 29.2 Å². The van der Waals surface area contributed by atoms with Crippen molar-refractivity contribution in [3.8, 4) is 11.6 Å². The van der Waals surface area contributed by atoms with Gasteiger partial charge >= 0.3 is 18.3 Å². The zero-order valence-electron chi connectivity index (χ0n) is 23.1. The van der Waals surface area contributed by atoms with Crippen molar-refractivity contribution < 1.29 is 32.2 Å². The molecule has 1 N–H and O–H groups in total. The number of rotatable bonds is 4. The highest BCUT2D eigenvalue weighted by Crippen LogP contribution is 2.31. The van der Waals surface area contributed by atoms with Gasteiger partial charge in [-0.25, -0.2) is 19.6 Å². The van der Waals surface area contributed by atoms with Gasteiger partial charge in [-0.3, -0.25) is 4.57 Å². The van der Waals surface area contributed by atoms with Crippen LogP contribution in [0.5, 0.6) is 11.6 Å². The molecule has 1 aliphatic heterocycles. The molecular weight excluding hydrogens is 551 g/mol. The lowest BCUT2D eigenvalue weighted by molar-refractivity contribution is -0.137. The number of hydrogen-bond donors (Lipinski definition) is 1. The molecule has 0 atom stereocenters. The number of aromatic nitrogens is 3. The zero-order valence-corrected chi connectivity index (χ0v) is 23.1. The van der Waals surface area contributed by atoms with E-state index < -0.39 is 23.4 Å². The van der Waals surface area contributed by atoms with Gasteiger partial charge in [0.1, 0.15) is 17.7 Å². The van der Waals surface area contributed by atoms with E-state index in [4.69, 9.17) is 9.47 Å². The van der Waals surface area contributed by atoms with E-state index in [9.17, 15) is 22.8 Å². The summed E-state index contributed by atoms with van der Waals surface area (Å²) in [5.41, 5.74) is 0.794. The molecule has 2 aromatic heterocycles. The van der Waals surface area contributed by atoms with Crippen LogP contribution >= 0.6 is 0 Å². The third kappa shape index (κ3) is 6.70. The molecule has 0 fully saturated rings. The van der Waals surface area contributed by atoms with Crippen molar-refractivity contribution in [3.63, 3.8) is 0 Å². The Morgan fingerprint density at radius 1 is 1.00 bits per heavy atom. The molecule has 0 bridgehead atoms. The van der Waals surface area contributed by atoms with Gasteiger partial charge in [-0.2, -0.15) is 13.2 Å². The minimum absolute atomic E-state index is 0.0295. The summed E-state index contributed by atoms with van der Waals surface area (Å²) in [5.74, 6) is 0.786. The Hall–Kier alpha value is -4.87. The van der Waals surface area contributed by atoms with Crippen molar-refractivity contribution in [2.75, 3.05) is 18.4 Å². The molecular formula is C30H28F3N5O4. The second kappa shape index (κ2) is 11.2. The Morgan fingerprint density at radius 2 is 1.81 bits per heavy atom. The van der Waals surface area contributed by atoms with Crippen LogP contribution in [0.1, 0.15) is 38.4 Å². The summed E-state index contributed by atoms with van der Waals surface area (Å²) in [7, 11) is 0. The second-order valence-electron chi connectivity index (χ2n) is 10.7. The molecule has 0 spiro atoms. The molecule has 12 heteroatoms. The number of ether oxygens (including phenoxy) is 2. The topological polar surface area (TPSA) is 98.6 Å². The lowest BCUT2D eigenvalue weighted by atomic mass is 10.0. The number of nitrogens with one attached hydrogen (secondary N) is 1. The molecule has 2 amide bonds. The summed E-state index contributed by atoms with van der Waals surface area (Å²) >= 11 is 0. The number of alkyl halides is 3. The summed E-state index contributed by atoms with van der Waals surface area (Å²) in [5, 5.41) is 3.18. The number of halogens is 3. The number of carbonyl (C=O) groups excluding carboxylic acids is 2. The first-order chi connectivity index (χ1) is 19.9. The van der Waals surface area contributed by atoms with Crippen LogP contribution in [0.15, 0.2) is 73.2 Å². The normalized spacial score (nSPS) is 14.0. The molecule has 0 radical (unpaired) electrons. The van der Waals surface area contributed by atoms with Gasteiger partial charge in [0.15, 0.2) is 0 Å². The molecule has 4 aromatic rings. The van der Waals surface area contributed by atoms with Crippen molar-refractivity contribution >= 4 is 34.3 Å². The van der Waals surface area contributed by atoms with Crippen LogP contribution in [0.4, 0.5) is 28.4 Å². The fourth-order valence-electron chi connectivity index (χ4n) is 4.40. The van der Waals surface area contributed by atoms with Gasteiger partial charge in [0.05, 0.1) is 16.8 Å². The number of fused-ring (bicyclic) bond motifs is 1. The Kier molecular flexibility index (Phi) is 7.63. The maximum Gasteiger partial charge on any atom is 0.416 e. The number of hydrogen-bond acceptors (Lipinski definition) is 6. The Balaban J connectivity index is 1.26. The molecule has 0 aliphatic carbocycles. The maximum atomic E-state index is 13.0. The van der Waals surface area contributed by atoms with Crippen molar-refractivity contribution in [2.45, 2.75) is 39.0 Å². The smallest absolute Gasteiger partial charge is 0.416 e. The number of amides is 2. The monoisotopic (exact) mass is 579 g/mol. The Labute approximate surface area is 239 Å². The minimum atomic E-state index is -4.52. The summed E-state index contributed by atoms with van der Waals surface area (Å²) < 4.78 is 51.8. The highest BCUT2D eigenvalue weighted by Gasteiger charge is 2.30. The lowest BCUT2D eigenvalue weighted by Crippen LogP contribution is -2.39. The highest BCUT2D eigenvalue weighted by molar-refractivity contribution is 5.98. The van der Waals surface area contributed by atoms with Crippen LogP contribution in [0.25, 0.3) is 16.5 Å². The molecule has 9 nitrogen and oxygen atoms in total. The van der Waals surface area contributed by atoms with Crippen molar-refractivity contribution in [1.29, 1.82) is 0 Å². The average Bonchev–Trinajstić information content (AvgIpc) is 3.36. The van der Waals surface area contributed by atoms with Crippen LogP contribution in [-0.4, -0.2) is 50.2 Å². The van der Waals surface area contributed by atoms with Crippen molar-refractivity contribution in [3.05, 3.63) is 84.5 Å². The highest BCUT2D eigenvalue weighted by atomic mass is 19.4. The fraction of sp³-hybridized carbons (Fsp3) is 0.267. The quantitative estimate of drug-likeness (QED) is 0.272. The summed E-state index contributed by atoms with van der Waals surface area (Å²) in [6, 6.07) is 12.3. The van der Waals surface area contributed by atoms with Gasteiger partial charge in [0.2, 0.25) is 5.88 Å². The van der Waals surface area contributed by atoms with Gasteiger partial charge in [-0.1, -0.05) is 12.1 Å². The van der Waals surface area contributed by atoms with E-state index in [1.807, 2.05) is 26.8 Å². The van der Waals surface area contributed by atoms with Crippen LogP contribution in [0, 0.1) is 0 Å². The largest absolute Gasteiger partial charge is 0.444 e. The molecule has 1 aliphatic rings.